The van der Waals surface area contributed by atoms with Crippen molar-refractivity contribution in [2.24, 2.45) is 0 Å². The van der Waals surface area contributed by atoms with E-state index in [1.54, 1.807) is 6.92 Å². The van der Waals surface area contributed by atoms with Crippen LogP contribution in [0, 0.1) is 5.82 Å². The zero-order chi connectivity index (χ0) is 14.3. The molecule has 110 valence electrons. The highest BCUT2D eigenvalue weighted by Gasteiger charge is 2.35. The lowest BCUT2D eigenvalue weighted by Crippen LogP contribution is -2.55. The van der Waals surface area contributed by atoms with Crippen molar-refractivity contribution in [1.29, 1.82) is 0 Å². The van der Waals surface area contributed by atoms with E-state index in [0.29, 0.717) is 23.3 Å². The SMILES string of the molecule is CC(O)c1ccc(N2CC3CCCN3CC2C)c(F)c1. The van der Waals surface area contributed by atoms with Crippen molar-refractivity contribution in [2.45, 2.75) is 44.9 Å². The zero-order valence-corrected chi connectivity index (χ0v) is 12.2. The molecule has 3 rings (SSSR count). The fourth-order valence-corrected chi connectivity index (χ4v) is 3.54. The Morgan fingerprint density at radius 1 is 1.35 bits per heavy atom. The molecular weight excluding hydrogens is 255 g/mol. The highest BCUT2D eigenvalue weighted by Crippen LogP contribution is 2.31. The number of fused-ring (bicyclic) bond motifs is 1. The van der Waals surface area contributed by atoms with Crippen LogP contribution in [0.2, 0.25) is 0 Å². The van der Waals surface area contributed by atoms with E-state index in [1.807, 2.05) is 12.1 Å². The highest BCUT2D eigenvalue weighted by molar-refractivity contribution is 5.51. The van der Waals surface area contributed by atoms with Gasteiger partial charge in [0, 0.05) is 25.2 Å². The number of piperazine rings is 1. The molecule has 2 heterocycles. The Kier molecular flexibility index (Phi) is 3.69. The number of rotatable bonds is 2. The number of aliphatic hydroxyl groups excluding tert-OH is 1. The maximum Gasteiger partial charge on any atom is 0.146 e. The van der Waals surface area contributed by atoms with Gasteiger partial charge >= 0.3 is 0 Å². The first-order valence-corrected chi connectivity index (χ1v) is 7.54. The zero-order valence-electron chi connectivity index (χ0n) is 12.2. The number of benzene rings is 1. The minimum atomic E-state index is -0.623. The molecule has 0 amide bonds. The minimum Gasteiger partial charge on any atom is -0.389 e. The number of aliphatic hydroxyl groups is 1. The maximum atomic E-state index is 14.3. The second kappa shape index (κ2) is 5.34. The van der Waals surface area contributed by atoms with Crippen LogP contribution in [0.1, 0.15) is 38.4 Å². The fourth-order valence-electron chi connectivity index (χ4n) is 3.54. The van der Waals surface area contributed by atoms with Crippen molar-refractivity contribution in [3.8, 4) is 0 Å². The molecular formula is C16H23FN2O. The minimum absolute atomic E-state index is 0.221. The van der Waals surface area contributed by atoms with E-state index < -0.39 is 6.10 Å². The largest absolute Gasteiger partial charge is 0.389 e. The molecule has 2 fully saturated rings. The Bertz CT molecular complexity index is 491. The Balaban J connectivity index is 1.84. The number of hydrogen-bond acceptors (Lipinski definition) is 3. The van der Waals surface area contributed by atoms with Crippen LogP contribution >= 0.6 is 0 Å². The summed E-state index contributed by atoms with van der Waals surface area (Å²) in [5, 5.41) is 9.54. The molecule has 3 nitrogen and oxygen atoms in total. The van der Waals surface area contributed by atoms with E-state index in [9.17, 15) is 9.50 Å². The summed E-state index contributed by atoms with van der Waals surface area (Å²) in [6.07, 6.45) is 1.85. The molecule has 0 saturated carbocycles. The molecule has 0 radical (unpaired) electrons. The summed E-state index contributed by atoms with van der Waals surface area (Å²) < 4.78 is 14.3. The molecule has 3 unspecified atom stereocenters. The van der Waals surface area contributed by atoms with Crippen LogP contribution < -0.4 is 4.90 Å². The van der Waals surface area contributed by atoms with Crippen LogP contribution in [0.4, 0.5) is 10.1 Å². The van der Waals surface area contributed by atoms with Crippen molar-refractivity contribution in [1.82, 2.24) is 4.90 Å². The summed E-state index contributed by atoms with van der Waals surface area (Å²) in [5.41, 5.74) is 1.31. The number of halogens is 1. The molecule has 0 aromatic heterocycles. The summed E-state index contributed by atoms with van der Waals surface area (Å²) in [5.74, 6) is -0.221. The predicted molar refractivity (Wildman–Crippen MR) is 78.4 cm³/mol. The second-order valence-corrected chi connectivity index (χ2v) is 6.18. The van der Waals surface area contributed by atoms with Gasteiger partial charge in [0.15, 0.2) is 0 Å². The topological polar surface area (TPSA) is 26.7 Å². The third-order valence-electron chi connectivity index (χ3n) is 4.70. The highest BCUT2D eigenvalue weighted by atomic mass is 19.1. The predicted octanol–water partition coefficient (Wildman–Crippen LogP) is 2.55. The van der Waals surface area contributed by atoms with Gasteiger partial charge in [-0.2, -0.15) is 0 Å². The Morgan fingerprint density at radius 3 is 2.85 bits per heavy atom. The number of anilines is 1. The Hall–Kier alpha value is -1.13. The third-order valence-corrected chi connectivity index (χ3v) is 4.70. The molecule has 0 spiro atoms. The van der Waals surface area contributed by atoms with Gasteiger partial charge < -0.3 is 10.0 Å². The second-order valence-electron chi connectivity index (χ2n) is 6.18. The van der Waals surface area contributed by atoms with E-state index in [0.717, 1.165) is 13.1 Å². The van der Waals surface area contributed by atoms with Gasteiger partial charge in [-0.15, -0.1) is 0 Å². The number of nitrogens with zero attached hydrogens (tertiary/aromatic N) is 2. The first kappa shape index (κ1) is 13.8. The van der Waals surface area contributed by atoms with Gasteiger partial charge in [-0.25, -0.2) is 4.39 Å². The molecule has 2 saturated heterocycles. The third kappa shape index (κ3) is 2.42. The molecule has 3 atom stereocenters. The Labute approximate surface area is 120 Å². The molecule has 1 aromatic carbocycles. The first-order chi connectivity index (χ1) is 9.56. The average molecular weight is 278 g/mol. The first-order valence-electron chi connectivity index (χ1n) is 7.54. The summed E-state index contributed by atoms with van der Waals surface area (Å²) in [7, 11) is 0. The van der Waals surface area contributed by atoms with Gasteiger partial charge in [-0.3, -0.25) is 4.90 Å². The van der Waals surface area contributed by atoms with Crippen LogP contribution in [0.25, 0.3) is 0 Å². The van der Waals surface area contributed by atoms with Crippen LogP contribution in [-0.4, -0.2) is 41.7 Å². The standard InChI is InChI=1S/C16H23FN2O/c1-11-9-18-7-3-4-14(18)10-19(11)16-6-5-13(12(2)20)8-15(16)17/h5-6,8,11-12,14,20H,3-4,7,9-10H2,1-2H3. The van der Waals surface area contributed by atoms with Crippen LogP contribution in [0.5, 0.6) is 0 Å². The van der Waals surface area contributed by atoms with Gasteiger partial charge in [0.05, 0.1) is 11.8 Å². The van der Waals surface area contributed by atoms with Crippen molar-refractivity contribution in [3.05, 3.63) is 29.6 Å². The van der Waals surface area contributed by atoms with Gasteiger partial charge in [0.2, 0.25) is 0 Å². The molecule has 4 heteroatoms. The molecule has 1 aromatic rings. The quantitative estimate of drug-likeness (QED) is 0.900. The van der Waals surface area contributed by atoms with Gasteiger partial charge in [-0.05, 0) is 50.9 Å². The fraction of sp³-hybridized carbons (Fsp3) is 0.625. The lowest BCUT2D eigenvalue weighted by molar-refractivity contribution is 0.198. The smallest absolute Gasteiger partial charge is 0.146 e. The lowest BCUT2D eigenvalue weighted by Gasteiger charge is -2.43. The summed E-state index contributed by atoms with van der Waals surface area (Å²) in [4.78, 5) is 4.72. The molecule has 0 bridgehead atoms. The molecule has 20 heavy (non-hydrogen) atoms. The lowest BCUT2D eigenvalue weighted by atomic mass is 10.0. The van der Waals surface area contributed by atoms with Crippen molar-refractivity contribution in [3.63, 3.8) is 0 Å². The Morgan fingerprint density at radius 2 is 2.15 bits per heavy atom. The van der Waals surface area contributed by atoms with Gasteiger partial charge in [0.1, 0.15) is 5.82 Å². The number of hydrogen-bond donors (Lipinski definition) is 1. The summed E-state index contributed by atoms with van der Waals surface area (Å²) >= 11 is 0. The van der Waals surface area contributed by atoms with E-state index in [4.69, 9.17) is 0 Å². The van der Waals surface area contributed by atoms with E-state index in [2.05, 4.69) is 16.7 Å². The molecule has 2 aliphatic heterocycles. The monoisotopic (exact) mass is 278 g/mol. The van der Waals surface area contributed by atoms with E-state index in [1.165, 1.54) is 25.5 Å². The molecule has 1 N–H and O–H groups in total. The summed E-state index contributed by atoms with van der Waals surface area (Å²) in [6.45, 7) is 6.94. The van der Waals surface area contributed by atoms with E-state index in [-0.39, 0.29) is 5.82 Å². The maximum absolute atomic E-state index is 14.3. The van der Waals surface area contributed by atoms with Gasteiger partial charge in [0.25, 0.3) is 0 Å². The molecule has 0 aliphatic carbocycles. The van der Waals surface area contributed by atoms with Gasteiger partial charge in [-0.1, -0.05) is 6.07 Å². The van der Waals surface area contributed by atoms with Crippen molar-refractivity contribution >= 4 is 5.69 Å². The summed E-state index contributed by atoms with van der Waals surface area (Å²) in [6, 6.07) is 6.02. The normalized spacial score (nSPS) is 28.5. The average Bonchev–Trinajstić information content (AvgIpc) is 2.84. The van der Waals surface area contributed by atoms with Crippen LogP contribution in [-0.2, 0) is 0 Å². The van der Waals surface area contributed by atoms with Crippen molar-refractivity contribution < 1.29 is 9.50 Å². The van der Waals surface area contributed by atoms with E-state index >= 15 is 0 Å². The molecule has 2 aliphatic rings. The van der Waals surface area contributed by atoms with Crippen LogP contribution in [0.3, 0.4) is 0 Å². The van der Waals surface area contributed by atoms with Crippen molar-refractivity contribution in [2.75, 3.05) is 24.5 Å². The van der Waals surface area contributed by atoms with Crippen LogP contribution in [0.15, 0.2) is 18.2 Å².